The van der Waals surface area contributed by atoms with Crippen molar-refractivity contribution in [3.05, 3.63) is 28.8 Å². The van der Waals surface area contributed by atoms with Crippen LogP contribution in [0.1, 0.15) is 16.6 Å². The Hall–Kier alpha value is -1.22. The molecule has 0 aromatic heterocycles. The van der Waals surface area contributed by atoms with Crippen molar-refractivity contribution in [2.75, 3.05) is 13.2 Å². The topological polar surface area (TPSA) is 35.5 Å². The molecule has 1 rings (SSSR count). The molecule has 0 spiro atoms. The second-order valence-corrected chi connectivity index (χ2v) is 3.17. The van der Waals surface area contributed by atoms with Crippen molar-refractivity contribution in [1.82, 2.24) is 0 Å². The summed E-state index contributed by atoms with van der Waals surface area (Å²) in [5, 5.41) is 0.296. The Morgan fingerprint density at radius 1 is 1.60 bits per heavy atom. The zero-order valence-electron chi connectivity index (χ0n) is 11.2. The highest BCUT2D eigenvalue weighted by Gasteiger charge is 2.05. The van der Waals surface area contributed by atoms with E-state index in [1.807, 2.05) is 0 Å². The first-order chi connectivity index (χ1) is 8.34. The number of halogens is 1. The van der Waals surface area contributed by atoms with Crippen molar-refractivity contribution in [2.24, 2.45) is 0 Å². The van der Waals surface area contributed by atoms with E-state index in [-0.39, 0.29) is 24.5 Å². The van der Waals surface area contributed by atoms with Crippen LogP contribution in [0.15, 0.2) is 18.2 Å². The fourth-order valence-electron chi connectivity index (χ4n) is 0.967. The minimum atomic E-state index is -2.35. The molecular weight excluding hydrogens is 216 g/mol. The maximum Gasteiger partial charge on any atom is 0.344 e. The summed E-state index contributed by atoms with van der Waals surface area (Å²) in [6, 6.07) is 4.22. The molecule has 15 heavy (non-hydrogen) atoms. The van der Waals surface area contributed by atoms with Gasteiger partial charge in [0.25, 0.3) is 0 Å². The van der Waals surface area contributed by atoms with E-state index in [0.717, 1.165) is 0 Å². The Bertz CT molecular complexity index is 432. The van der Waals surface area contributed by atoms with E-state index in [2.05, 4.69) is 4.74 Å². The standard InChI is InChI=1S/C11H13ClO3/c1-3-14-11(13)7-15-10-5-4-9(12)6-8(10)2/h4-6H,3,7H2,1-2H3/i2D3. The van der Waals surface area contributed by atoms with Crippen molar-refractivity contribution in [2.45, 2.75) is 13.8 Å². The smallest absolute Gasteiger partial charge is 0.344 e. The second-order valence-electron chi connectivity index (χ2n) is 2.73. The molecule has 0 N–H and O–H groups in total. The molecule has 1 aromatic carbocycles. The van der Waals surface area contributed by atoms with Gasteiger partial charge in [0, 0.05) is 9.13 Å². The van der Waals surface area contributed by atoms with Gasteiger partial charge in [-0.3, -0.25) is 0 Å². The van der Waals surface area contributed by atoms with E-state index in [4.69, 9.17) is 20.5 Å². The van der Waals surface area contributed by atoms with Crippen LogP contribution in [0.5, 0.6) is 5.75 Å². The molecule has 4 heteroatoms. The summed E-state index contributed by atoms with van der Waals surface area (Å²) in [4.78, 5) is 11.1. The molecule has 0 saturated carbocycles. The highest BCUT2D eigenvalue weighted by Crippen LogP contribution is 2.21. The van der Waals surface area contributed by atoms with Gasteiger partial charge in [-0.2, -0.15) is 0 Å². The highest BCUT2D eigenvalue weighted by molar-refractivity contribution is 6.30. The highest BCUT2D eigenvalue weighted by atomic mass is 35.5. The largest absolute Gasteiger partial charge is 0.482 e. The number of ether oxygens (including phenoxy) is 2. The Balaban J connectivity index is 2.85. The average molecular weight is 232 g/mol. The number of rotatable bonds is 4. The summed E-state index contributed by atoms with van der Waals surface area (Å²) in [6.07, 6.45) is 0. The van der Waals surface area contributed by atoms with Crippen LogP contribution in [-0.4, -0.2) is 19.2 Å². The number of hydrogen-bond acceptors (Lipinski definition) is 3. The molecule has 0 heterocycles. The lowest BCUT2D eigenvalue weighted by Gasteiger charge is -2.08. The van der Waals surface area contributed by atoms with Gasteiger partial charge in [0.1, 0.15) is 5.75 Å². The monoisotopic (exact) mass is 231 g/mol. The fourth-order valence-corrected chi connectivity index (χ4v) is 1.14. The van der Waals surface area contributed by atoms with E-state index >= 15 is 0 Å². The van der Waals surface area contributed by atoms with Crippen LogP contribution in [0.4, 0.5) is 0 Å². The Labute approximate surface area is 98.2 Å². The van der Waals surface area contributed by atoms with Gasteiger partial charge in [0.15, 0.2) is 6.61 Å². The molecule has 0 unspecified atom stereocenters. The van der Waals surface area contributed by atoms with Crippen molar-refractivity contribution in [1.29, 1.82) is 0 Å². The zero-order chi connectivity index (χ0) is 13.8. The summed E-state index contributed by atoms with van der Waals surface area (Å²) in [7, 11) is 0. The van der Waals surface area contributed by atoms with Gasteiger partial charge in [-0.25, -0.2) is 4.79 Å². The number of hydrogen-bond donors (Lipinski definition) is 0. The molecule has 0 aliphatic carbocycles. The summed E-state index contributed by atoms with van der Waals surface area (Å²) < 4.78 is 31.9. The van der Waals surface area contributed by atoms with Crippen LogP contribution < -0.4 is 4.74 Å². The predicted molar refractivity (Wildman–Crippen MR) is 58.3 cm³/mol. The number of carbonyl (C=O) groups is 1. The first-order valence-electron chi connectivity index (χ1n) is 5.93. The van der Waals surface area contributed by atoms with Crippen LogP contribution >= 0.6 is 11.6 Å². The van der Waals surface area contributed by atoms with Gasteiger partial charge in [0.05, 0.1) is 6.61 Å². The van der Waals surface area contributed by atoms with Crippen LogP contribution in [-0.2, 0) is 9.53 Å². The molecule has 82 valence electrons. The van der Waals surface area contributed by atoms with E-state index in [1.54, 1.807) is 6.92 Å². The Morgan fingerprint density at radius 3 is 3.07 bits per heavy atom. The molecule has 1 aromatic rings. The zero-order valence-corrected chi connectivity index (χ0v) is 9.00. The van der Waals surface area contributed by atoms with Crippen molar-refractivity contribution in [3.8, 4) is 5.75 Å². The molecule has 0 aliphatic heterocycles. The van der Waals surface area contributed by atoms with Gasteiger partial charge >= 0.3 is 5.97 Å². The third-order valence-corrected chi connectivity index (χ3v) is 1.83. The van der Waals surface area contributed by atoms with Gasteiger partial charge in [-0.1, -0.05) is 11.6 Å². The van der Waals surface area contributed by atoms with Gasteiger partial charge in [0.2, 0.25) is 0 Å². The minimum absolute atomic E-state index is 0.0284. The van der Waals surface area contributed by atoms with Gasteiger partial charge in [-0.05, 0) is 37.5 Å². The van der Waals surface area contributed by atoms with Crippen molar-refractivity contribution >= 4 is 17.6 Å². The predicted octanol–water partition coefficient (Wildman–Crippen LogP) is 2.59. The first kappa shape index (κ1) is 7.99. The quantitative estimate of drug-likeness (QED) is 0.748. The molecule has 0 fully saturated rings. The summed E-state index contributed by atoms with van der Waals surface area (Å²) in [5.74, 6) is -0.448. The molecule has 0 saturated heterocycles. The second kappa shape index (κ2) is 5.61. The van der Waals surface area contributed by atoms with Crippen LogP contribution in [0.2, 0.25) is 5.02 Å². The minimum Gasteiger partial charge on any atom is -0.482 e. The Kier molecular flexibility index (Phi) is 2.99. The van der Waals surface area contributed by atoms with E-state index in [9.17, 15) is 4.79 Å². The molecule has 0 amide bonds. The SMILES string of the molecule is [2H]C([2H])([2H])c1cc(Cl)ccc1OCC(=O)OCC. The summed E-state index contributed by atoms with van der Waals surface area (Å²) in [6.45, 7) is -0.767. The van der Waals surface area contributed by atoms with Crippen molar-refractivity contribution in [3.63, 3.8) is 0 Å². The maximum absolute atomic E-state index is 11.1. The summed E-state index contributed by atoms with van der Waals surface area (Å²) >= 11 is 5.74. The lowest BCUT2D eigenvalue weighted by Crippen LogP contribution is -2.14. The third kappa shape index (κ3) is 3.80. The number of aryl methyl sites for hydroxylation is 1. The van der Waals surface area contributed by atoms with Crippen LogP contribution in [0.3, 0.4) is 0 Å². The van der Waals surface area contributed by atoms with Crippen LogP contribution in [0.25, 0.3) is 0 Å². The first-order valence-corrected chi connectivity index (χ1v) is 4.81. The number of esters is 1. The lowest BCUT2D eigenvalue weighted by atomic mass is 10.2. The molecule has 3 nitrogen and oxygen atoms in total. The maximum atomic E-state index is 11.1. The van der Waals surface area contributed by atoms with E-state index < -0.39 is 12.8 Å². The van der Waals surface area contributed by atoms with Crippen LogP contribution in [0, 0.1) is 6.85 Å². The number of benzene rings is 1. The van der Waals surface area contributed by atoms with E-state index in [1.165, 1.54) is 18.2 Å². The normalized spacial score (nSPS) is 13.6. The number of carbonyl (C=O) groups excluding carboxylic acids is 1. The van der Waals surface area contributed by atoms with Gasteiger partial charge in [-0.15, -0.1) is 0 Å². The molecular formula is C11H13ClO3. The molecule has 0 bridgehead atoms. The average Bonchev–Trinajstić information content (AvgIpc) is 2.26. The lowest BCUT2D eigenvalue weighted by molar-refractivity contribution is -0.145. The summed E-state index contributed by atoms with van der Waals surface area (Å²) in [5.41, 5.74) is -0.0284. The van der Waals surface area contributed by atoms with Gasteiger partial charge < -0.3 is 9.47 Å². The third-order valence-electron chi connectivity index (χ3n) is 1.59. The van der Waals surface area contributed by atoms with Crippen molar-refractivity contribution < 1.29 is 18.4 Å². The molecule has 0 atom stereocenters. The molecule has 0 aliphatic rings. The molecule has 0 radical (unpaired) electrons. The van der Waals surface area contributed by atoms with E-state index in [0.29, 0.717) is 5.02 Å². The Morgan fingerprint density at radius 2 is 2.40 bits per heavy atom. The fraction of sp³-hybridized carbons (Fsp3) is 0.364.